The lowest BCUT2D eigenvalue weighted by atomic mass is 10.2. The number of fused-ring (bicyclic) bond motifs is 1. The summed E-state index contributed by atoms with van der Waals surface area (Å²) in [4.78, 5) is 20.4. The second-order valence-electron chi connectivity index (χ2n) is 5.65. The van der Waals surface area contributed by atoms with Crippen molar-refractivity contribution in [1.29, 1.82) is 0 Å². The Kier molecular flexibility index (Phi) is 3.43. The molecule has 122 valence electrons. The van der Waals surface area contributed by atoms with E-state index in [1.54, 1.807) is 12.1 Å². The van der Waals surface area contributed by atoms with Crippen LogP contribution < -0.4 is 11.5 Å². The fraction of sp³-hybridized carbons (Fsp3) is 0. The summed E-state index contributed by atoms with van der Waals surface area (Å²) in [5.74, 6) is 0.902. The SMILES string of the molecule is NC(=O)c1ccc(-n2c(-c3ccc(N)cc3)nc3ccccc32)nc1. The van der Waals surface area contributed by atoms with Crippen molar-refractivity contribution >= 4 is 22.6 Å². The summed E-state index contributed by atoms with van der Waals surface area (Å²) < 4.78 is 1.95. The highest BCUT2D eigenvalue weighted by molar-refractivity contribution is 5.92. The van der Waals surface area contributed by atoms with Crippen LogP contribution in [0, 0.1) is 0 Å². The summed E-state index contributed by atoms with van der Waals surface area (Å²) in [6, 6.07) is 18.8. The van der Waals surface area contributed by atoms with Gasteiger partial charge in [0.2, 0.25) is 5.91 Å². The van der Waals surface area contributed by atoms with Gasteiger partial charge in [0.05, 0.1) is 16.6 Å². The van der Waals surface area contributed by atoms with E-state index in [-0.39, 0.29) is 0 Å². The molecular formula is C19H15N5O. The molecule has 4 aromatic rings. The average molecular weight is 329 g/mol. The Morgan fingerprint density at radius 2 is 1.72 bits per heavy atom. The van der Waals surface area contributed by atoms with Crippen molar-refractivity contribution in [2.75, 3.05) is 5.73 Å². The number of nitrogen functional groups attached to an aromatic ring is 1. The van der Waals surface area contributed by atoms with Gasteiger partial charge in [0, 0.05) is 17.4 Å². The number of para-hydroxylation sites is 2. The van der Waals surface area contributed by atoms with Gasteiger partial charge in [0.1, 0.15) is 11.6 Å². The lowest BCUT2D eigenvalue weighted by molar-refractivity contribution is 0.1000. The predicted molar refractivity (Wildman–Crippen MR) is 97.2 cm³/mol. The number of hydrogen-bond donors (Lipinski definition) is 2. The summed E-state index contributed by atoms with van der Waals surface area (Å²) >= 11 is 0. The zero-order valence-electron chi connectivity index (χ0n) is 13.3. The summed E-state index contributed by atoms with van der Waals surface area (Å²) in [6.45, 7) is 0. The molecule has 0 radical (unpaired) electrons. The third kappa shape index (κ3) is 2.59. The second kappa shape index (κ2) is 5.76. The molecule has 0 unspecified atom stereocenters. The number of nitrogens with two attached hydrogens (primary N) is 2. The molecule has 4 N–H and O–H groups in total. The van der Waals surface area contributed by atoms with E-state index in [0.717, 1.165) is 22.4 Å². The maximum Gasteiger partial charge on any atom is 0.250 e. The quantitative estimate of drug-likeness (QED) is 0.564. The summed E-state index contributed by atoms with van der Waals surface area (Å²) in [5.41, 5.74) is 14.8. The Morgan fingerprint density at radius 1 is 0.960 bits per heavy atom. The van der Waals surface area contributed by atoms with Crippen LogP contribution in [0.2, 0.25) is 0 Å². The first-order chi connectivity index (χ1) is 12.1. The van der Waals surface area contributed by atoms with Gasteiger partial charge < -0.3 is 11.5 Å². The summed E-state index contributed by atoms with van der Waals surface area (Å²) in [6.07, 6.45) is 1.47. The molecule has 0 spiro atoms. The van der Waals surface area contributed by atoms with Crippen LogP contribution >= 0.6 is 0 Å². The van der Waals surface area contributed by atoms with Crippen molar-refractivity contribution < 1.29 is 4.79 Å². The first kappa shape index (κ1) is 14.9. The van der Waals surface area contributed by atoms with Crippen molar-refractivity contribution in [3.05, 3.63) is 72.4 Å². The number of imidazole rings is 1. The predicted octanol–water partition coefficient (Wildman–Crippen LogP) is 2.77. The number of anilines is 1. The van der Waals surface area contributed by atoms with Crippen molar-refractivity contribution in [2.24, 2.45) is 5.73 Å². The Balaban J connectivity index is 1.96. The number of carbonyl (C=O) groups is 1. The Hall–Kier alpha value is -3.67. The molecular weight excluding hydrogens is 314 g/mol. The number of rotatable bonds is 3. The lowest BCUT2D eigenvalue weighted by Gasteiger charge is -2.09. The van der Waals surface area contributed by atoms with Crippen LogP contribution in [0.5, 0.6) is 0 Å². The van der Waals surface area contributed by atoms with E-state index in [1.807, 2.05) is 53.1 Å². The number of hydrogen-bond acceptors (Lipinski definition) is 4. The molecule has 6 heteroatoms. The Bertz CT molecular complexity index is 1070. The largest absolute Gasteiger partial charge is 0.399 e. The molecule has 0 bridgehead atoms. The van der Waals surface area contributed by atoms with E-state index < -0.39 is 5.91 Å². The van der Waals surface area contributed by atoms with Gasteiger partial charge >= 0.3 is 0 Å². The normalized spacial score (nSPS) is 10.9. The second-order valence-corrected chi connectivity index (χ2v) is 5.65. The Labute approximate surface area is 143 Å². The van der Waals surface area contributed by atoms with E-state index in [1.165, 1.54) is 6.20 Å². The van der Waals surface area contributed by atoms with Gasteiger partial charge in [-0.1, -0.05) is 12.1 Å². The van der Waals surface area contributed by atoms with Crippen LogP contribution in [0.1, 0.15) is 10.4 Å². The molecule has 0 fully saturated rings. The highest BCUT2D eigenvalue weighted by Crippen LogP contribution is 2.28. The fourth-order valence-electron chi connectivity index (χ4n) is 2.75. The topological polar surface area (TPSA) is 99.8 Å². The van der Waals surface area contributed by atoms with Gasteiger partial charge in [0.25, 0.3) is 0 Å². The average Bonchev–Trinajstić information content (AvgIpc) is 3.02. The van der Waals surface area contributed by atoms with Crippen molar-refractivity contribution in [2.45, 2.75) is 0 Å². The van der Waals surface area contributed by atoms with Gasteiger partial charge in [-0.25, -0.2) is 9.97 Å². The van der Waals surface area contributed by atoms with Gasteiger partial charge in [-0.2, -0.15) is 0 Å². The van der Waals surface area contributed by atoms with Gasteiger partial charge in [-0.05, 0) is 48.5 Å². The molecule has 0 saturated heterocycles. The highest BCUT2D eigenvalue weighted by Gasteiger charge is 2.15. The van der Waals surface area contributed by atoms with Gasteiger partial charge in [-0.15, -0.1) is 0 Å². The molecule has 6 nitrogen and oxygen atoms in total. The molecule has 0 atom stereocenters. The maximum absolute atomic E-state index is 11.3. The molecule has 0 saturated carbocycles. The molecule has 25 heavy (non-hydrogen) atoms. The molecule has 2 heterocycles. The number of pyridine rings is 1. The van der Waals surface area contributed by atoms with E-state index in [4.69, 9.17) is 16.5 Å². The first-order valence-electron chi connectivity index (χ1n) is 7.73. The van der Waals surface area contributed by atoms with E-state index >= 15 is 0 Å². The van der Waals surface area contributed by atoms with E-state index in [0.29, 0.717) is 17.1 Å². The molecule has 2 aromatic heterocycles. The molecule has 4 rings (SSSR count). The number of benzene rings is 2. The summed E-state index contributed by atoms with van der Waals surface area (Å²) in [5, 5.41) is 0. The minimum atomic E-state index is -0.506. The van der Waals surface area contributed by atoms with Crippen LogP contribution in [0.4, 0.5) is 5.69 Å². The van der Waals surface area contributed by atoms with Crippen molar-refractivity contribution in [1.82, 2.24) is 14.5 Å². The lowest BCUT2D eigenvalue weighted by Crippen LogP contribution is -2.11. The zero-order valence-corrected chi connectivity index (χ0v) is 13.3. The monoisotopic (exact) mass is 329 g/mol. The van der Waals surface area contributed by atoms with Crippen LogP contribution in [-0.4, -0.2) is 20.4 Å². The third-order valence-electron chi connectivity index (χ3n) is 3.99. The fourth-order valence-corrected chi connectivity index (χ4v) is 2.75. The standard InChI is InChI=1S/C19H15N5O/c20-14-8-5-12(6-9-14)19-23-15-3-1-2-4-16(15)24(19)17-10-7-13(11-22-17)18(21)25/h1-11H,20H2,(H2,21,25). The first-order valence-corrected chi connectivity index (χ1v) is 7.73. The highest BCUT2D eigenvalue weighted by atomic mass is 16.1. The maximum atomic E-state index is 11.3. The van der Waals surface area contributed by atoms with Crippen LogP contribution in [-0.2, 0) is 0 Å². The molecule has 1 amide bonds. The summed E-state index contributed by atoms with van der Waals surface area (Å²) in [7, 11) is 0. The number of amides is 1. The van der Waals surface area contributed by atoms with E-state index in [9.17, 15) is 4.79 Å². The molecule has 0 aliphatic rings. The van der Waals surface area contributed by atoms with Crippen molar-refractivity contribution in [3.63, 3.8) is 0 Å². The number of primary amides is 1. The number of carbonyl (C=O) groups excluding carboxylic acids is 1. The van der Waals surface area contributed by atoms with Gasteiger partial charge in [-0.3, -0.25) is 9.36 Å². The number of aromatic nitrogens is 3. The molecule has 2 aromatic carbocycles. The molecule has 0 aliphatic carbocycles. The smallest absolute Gasteiger partial charge is 0.250 e. The van der Waals surface area contributed by atoms with Gasteiger partial charge in [0.15, 0.2) is 0 Å². The minimum absolute atomic E-state index is 0.363. The van der Waals surface area contributed by atoms with Crippen LogP contribution in [0.3, 0.4) is 0 Å². The Morgan fingerprint density at radius 3 is 2.40 bits per heavy atom. The number of nitrogens with zero attached hydrogens (tertiary/aromatic N) is 3. The van der Waals surface area contributed by atoms with E-state index in [2.05, 4.69) is 4.98 Å². The van der Waals surface area contributed by atoms with Crippen molar-refractivity contribution in [3.8, 4) is 17.2 Å². The third-order valence-corrected chi connectivity index (χ3v) is 3.99. The minimum Gasteiger partial charge on any atom is -0.399 e. The van der Waals surface area contributed by atoms with Crippen LogP contribution in [0.15, 0.2) is 66.9 Å². The molecule has 0 aliphatic heterocycles. The van der Waals surface area contributed by atoms with Crippen LogP contribution in [0.25, 0.3) is 28.2 Å². The zero-order chi connectivity index (χ0) is 17.4.